The number of pyridine rings is 1. The molecule has 6 heteroatoms. The van der Waals surface area contributed by atoms with Crippen molar-refractivity contribution in [3.8, 4) is 0 Å². The summed E-state index contributed by atoms with van der Waals surface area (Å²) in [6.45, 7) is 1.55. The largest absolute Gasteiger partial charge is 0.449 e. The topological polar surface area (TPSA) is 60.7 Å². The molecule has 0 saturated heterocycles. The second-order valence-corrected chi connectivity index (χ2v) is 5.93. The van der Waals surface area contributed by atoms with Crippen molar-refractivity contribution in [1.29, 1.82) is 0 Å². The Morgan fingerprint density at radius 3 is 2.61 bits per heavy atom. The molecular weight excluding hydrogens is 360 g/mol. The van der Waals surface area contributed by atoms with Gasteiger partial charge in [0.1, 0.15) is 5.65 Å². The molecule has 0 amide bonds. The van der Waals surface area contributed by atoms with E-state index in [4.69, 9.17) is 4.74 Å². The van der Waals surface area contributed by atoms with Gasteiger partial charge in [-0.05, 0) is 31.2 Å². The second kappa shape index (κ2) is 6.34. The predicted molar refractivity (Wildman–Crippen MR) is 88.5 cm³/mol. The van der Waals surface area contributed by atoms with E-state index in [1.807, 2.05) is 12.1 Å². The Kier molecular flexibility index (Phi) is 4.25. The van der Waals surface area contributed by atoms with Crippen LogP contribution >= 0.6 is 15.9 Å². The van der Waals surface area contributed by atoms with Crippen molar-refractivity contribution in [1.82, 2.24) is 9.38 Å². The number of aromatic nitrogens is 2. The fraction of sp³-hybridized carbons (Fsp3) is 0.118. The lowest BCUT2D eigenvalue weighted by Gasteiger charge is -2.11. The summed E-state index contributed by atoms with van der Waals surface area (Å²) in [5.74, 6) is -0.874. The molecule has 0 bridgehead atoms. The molecule has 0 N–H and O–H groups in total. The number of esters is 1. The zero-order chi connectivity index (χ0) is 16.4. The molecule has 0 unspecified atom stereocenters. The quantitative estimate of drug-likeness (QED) is 0.519. The fourth-order valence-electron chi connectivity index (χ4n) is 2.16. The minimum absolute atomic E-state index is 0.173. The van der Waals surface area contributed by atoms with Crippen LogP contribution in [0.1, 0.15) is 27.8 Å². The molecule has 23 heavy (non-hydrogen) atoms. The minimum Gasteiger partial charge on any atom is -0.449 e. The van der Waals surface area contributed by atoms with E-state index in [0.29, 0.717) is 11.2 Å². The molecule has 0 radical (unpaired) electrons. The van der Waals surface area contributed by atoms with Crippen LogP contribution in [0.5, 0.6) is 0 Å². The lowest BCUT2D eigenvalue weighted by atomic mass is 10.1. The minimum atomic E-state index is -0.881. The Bertz CT molecular complexity index is 838. The van der Waals surface area contributed by atoms with Crippen molar-refractivity contribution in [2.75, 3.05) is 0 Å². The number of carbonyl (C=O) groups is 2. The van der Waals surface area contributed by atoms with E-state index in [0.717, 1.165) is 4.47 Å². The van der Waals surface area contributed by atoms with Crippen LogP contribution in [0.4, 0.5) is 0 Å². The van der Waals surface area contributed by atoms with Crippen LogP contribution in [0.2, 0.25) is 0 Å². The van der Waals surface area contributed by atoms with Gasteiger partial charge in [0.2, 0.25) is 5.78 Å². The number of Topliss-reactive ketones (excluding diaryl/α,β-unsaturated/α-hetero) is 1. The van der Waals surface area contributed by atoms with Crippen molar-refractivity contribution < 1.29 is 14.3 Å². The molecule has 0 aliphatic carbocycles. The number of hydrogen-bond donors (Lipinski definition) is 0. The number of nitrogens with zero attached hydrogens (tertiary/aromatic N) is 2. The number of benzene rings is 1. The molecule has 1 aromatic carbocycles. The van der Waals surface area contributed by atoms with E-state index in [1.165, 1.54) is 0 Å². The first-order valence-corrected chi connectivity index (χ1v) is 7.78. The number of fused-ring (bicyclic) bond motifs is 1. The summed E-state index contributed by atoms with van der Waals surface area (Å²) < 4.78 is 7.83. The van der Waals surface area contributed by atoms with Crippen molar-refractivity contribution in [2.45, 2.75) is 13.0 Å². The van der Waals surface area contributed by atoms with Gasteiger partial charge in [0.05, 0.1) is 0 Å². The van der Waals surface area contributed by atoms with Crippen LogP contribution in [0.3, 0.4) is 0 Å². The Morgan fingerprint density at radius 2 is 1.91 bits per heavy atom. The molecule has 2 heterocycles. The van der Waals surface area contributed by atoms with E-state index in [2.05, 4.69) is 20.9 Å². The molecule has 3 aromatic rings. The fourth-order valence-corrected chi connectivity index (χ4v) is 2.42. The Balaban J connectivity index is 1.73. The molecule has 0 saturated carbocycles. The summed E-state index contributed by atoms with van der Waals surface area (Å²) >= 11 is 3.31. The molecule has 0 aliphatic rings. The zero-order valence-electron chi connectivity index (χ0n) is 12.3. The highest BCUT2D eigenvalue weighted by molar-refractivity contribution is 9.10. The summed E-state index contributed by atoms with van der Waals surface area (Å²) in [4.78, 5) is 28.6. The highest BCUT2D eigenvalue weighted by Crippen LogP contribution is 2.14. The van der Waals surface area contributed by atoms with Gasteiger partial charge in [-0.3, -0.25) is 4.79 Å². The molecule has 3 rings (SSSR count). The Morgan fingerprint density at radius 1 is 1.17 bits per heavy atom. The maximum absolute atomic E-state index is 12.3. The van der Waals surface area contributed by atoms with Crippen molar-refractivity contribution in [2.24, 2.45) is 0 Å². The van der Waals surface area contributed by atoms with Gasteiger partial charge < -0.3 is 9.14 Å². The Labute approximate surface area is 141 Å². The van der Waals surface area contributed by atoms with Gasteiger partial charge >= 0.3 is 5.97 Å². The number of halogens is 1. The summed E-state index contributed by atoms with van der Waals surface area (Å²) in [6.07, 6.45) is 2.48. The average Bonchev–Trinajstić information content (AvgIpc) is 2.99. The van der Waals surface area contributed by atoms with E-state index in [9.17, 15) is 9.59 Å². The van der Waals surface area contributed by atoms with Crippen LogP contribution in [0.15, 0.2) is 59.3 Å². The molecule has 2 aromatic heterocycles. The van der Waals surface area contributed by atoms with Crippen LogP contribution in [0.25, 0.3) is 5.65 Å². The number of ketones is 1. The van der Waals surface area contributed by atoms with Gasteiger partial charge in [0.25, 0.3) is 0 Å². The molecule has 0 spiro atoms. The number of hydrogen-bond acceptors (Lipinski definition) is 4. The number of rotatable bonds is 4. The first kappa shape index (κ1) is 15.4. The zero-order valence-corrected chi connectivity index (χ0v) is 13.9. The van der Waals surface area contributed by atoms with E-state index >= 15 is 0 Å². The summed E-state index contributed by atoms with van der Waals surface area (Å²) in [6, 6.07) is 12.4. The van der Waals surface area contributed by atoms with E-state index in [-0.39, 0.29) is 11.5 Å². The second-order valence-electron chi connectivity index (χ2n) is 5.01. The third kappa shape index (κ3) is 3.32. The van der Waals surface area contributed by atoms with E-state index < -0.39 is 12.1 Å². The smallest absolute Gasteiger partial charge is 0.359 e. The van der Waals surface area contributed by atoms with Crippen LogP contribution < -0.4 is 0 Å². The number of carbonyl (C=O) groups excluding carboxylic acids is 2. The highest BCUT2D eigenvalue weighted by atomic mass is 79.9. The van der Waals surface area contributed by atoms with Crippen LogP contribution in [-0.2, 0) is 4.74 Å². The third-order valence-corrected chi connectivity index (χ3v) is 3.88. The van der Waals surface area contributed by atoms with Gasteiger partial charge in [-0.15, -0.1) is 0 Å². The SMILES string of the molecule is C[C@@H](OC(=O)c1cn2ccccc2n1)C(=O)c1ccc(Br)cc1. The van der Waals surface area contributed by atoms with Gasteiger partial charge in [-0.1, -0.05) is 34.1 Å². The molecule has 1 atom stereocenters. The first-order chi connectivity index (χ1) is 11.0. The lowest BCUT2D eigenvalue weighted by molar-refractivity contribution is 0.0314. The van der Waals surface area contributed by atoms with Crippen molar-refractivity contribution in [3.05, 3.63) is 70.6 Å². The van der Waals surface area contributed by atoms with Crippen molar-refractivity contribution >= 4 is 33.3 Å². The first-order valence-electron chi connectivity index (χ1n) is 6.99. The predicted octanol–water partition coefficient (Wildman–Crippen LogP) is 3.53. The Hall–Kier alpha value is -2.47. The maximum Gasteiger partial charge on any atom is 0.359 e. The normalized spacial score (nSPS) is 12.1. The summed E-state index contributed by atoms with van der Waals surface area (Å²) in [7, 11) is 0. The average molecular weight is 373 g/mol. The van der Waals surface area contributed by atoms with Crippen LogP contribution in [0, 0.1) is 0 Å². The molecular formula is C17H13BrN2O3. The molecule has 116 valence electrons. The number of ether oxygens (including phenoxy) is 1. The maximum atomic E-state index is 12.3. The summed E-state index contributed by atoms with van der Waals surface area (Å²) in [5, 5.41) is 0. The summed E-state index contributed by atoms with van der Waals surface area (Å²) in [5.41, 5.74) is 1.31. The standard InChI is InChI=1S/C17H13BrN2O3/c1-11(16(21)12-5-7-13(18)8-6-12)23-17(22)14-10-20-9-3-2-4-15(20)19-14/h2-11H,1H3/t11-/m1/s1. The number of imidazole rings is 1. The van der Waals surface area contributed by atoms with Gasteiger partial charge in [-0.2, -0.15) is 0 Å². The molecule has 5 nitrogen and oxygen atoms in total. The lowest BCUT2D eigenvalue weighted by Crippen LogP contribution is -2.24. The van der Waals surface area contributed by atoms with Crippen molar-refractivity contribution in [3.63, 3.8) is 0 Å². The van der Waals surface area contributed by atoms with Gasteiger partial charge in [0.15, 0.2) is 11.8 Å². The monoisotopic (exact) mass is 372 g/mol. The molecule has 0 fully saturated rings. The van der Waals surface area contributed by atoms with Gasteiger partial charge in [0, 0.05) is 22.4 Å². The van der Waals surface area contributed by atoms with Gasteiger partial charge in [-0.25, -0.2) is 9.78 Å². The van der Waals surface area contributed by atoms with E-state index in [1.54, 1.807) is 54.0 Å². The third-order valence-electron chi connectivity index (χ3n) is 3.35. The highest BCUT2D eigenvalue weighted by Gasteiger charge is 2.21. The van der Waals surface area contributed by atoms with Crippen LogP contribution in [-0.4, -0.2) is 27.2 Å². The molecule has 0 aliphatic heterocycles.